The van der Waals surface area contributed by atoms with Crippen LogP contribution in [0.5, 0.6) is 0 Å². The lowest BCUT2D eigenvalue weighted by Gasteiger charge is -2.42. The van der Waals surface area contributed by atoms with E-state index in [1.807, 2.05) is 13.8 Å². The smallest absolute Gasteiger partial charge is 0.374 e. The Kier molecular flexibility index (Phi) is 7.28. The van der Waals surface area contributed by atoms with E-state index in [0.717, 1.165) is 0 Å². The van der Waals surface area contributed by atoms with Gasteiger partial charge in [0, 0.05) is 6.42 Å². The van der Waals surface area contributed by atoms with E-state index in [9.17, 15) is 9.59 Å². The second kappa shape index (κ2) is 8.59. The molecule has 174 valence electrons. The van der Waals surface area contributed by atoms with Crippen molar-refractivity contribution in [3.05, 3.63) is 0 Å². The van der Waals surface area contributed by atoms with Crippen molar-refractivity contribution in [1.82, 2.24) is 0 Å². The van der Waals surface area contributed by atoms with E-state index in [1.54, 1.807) is 13.8 Å². The van der Waals surface area contributed by atoms with E-state index >= 15 is 0 Å². The van der Waals surface area contributed by atoms with E-state index in [0.29, 0.717) is 6.61 Å². The summed E-state index contributed by atoms with van der Waals surface area (Å²) in [5.74, 6) is -3.24. The molecule has 2 saturated heterocycles. The van der Waals surface area contributed by atoms with E-state index in [1.165, 1.54) is 7.11 Å². The average molecular weight is 447 g/mol. The van der Waals surface area contributed by atoms with Crippen LogP contribution in [0.15, 0.2) is 0 Å². The third-order valence-corrected chi connectivity index (χ3v) is 10.5. The zero-order valence-electron chi connectivity index (χ0n) is 20.0. The van der Waals surface area contributed by atoms with Gasteiger partial charge in [-0.15, -0.1) is 0 Å². The highest BCUT2D eigenvalue weighted by molar-refractivity contribution is 6.74. The van der Waals surface area contributed by atoms with Crippen molar-refractivity contribution < 1.29 is 37.7 Å². The summed E-state index contributed by atoms with van der Waals surface area (Å²) in [6.07, 6.45) is -2.36. The van der Waals surface area contributed by atoms with Crippen LogP contribution < -0.4 is 0 Å². The molecule has 0 aromatic rings. The average Bonchev–Trinajstić information content (AvgIpc) is 3.09. The van der Waals surface area contributed by atoms with Crippen molar-refractivity contribution in [2.45, 2.75) is 109 Å². The van der Waals surface area contributed by atoms with Crippen LogP contribution in [0.3, 0.4) is 0 Å². The van der Waals surface area contributed by atoms with E-state index in [-0.39, 0.29) is 11.5 Å². The monoisotopic (exact) mass is 446 g/mol. The maximum absolute atomic E-state index is 12.3. The molecule has 0 aliphatic carbocycles. The van der Waals surface area contributed by atoms with Crippen molar-refractivity contribution in [3.8, 4) is 0 Å². The van der Waals surface area contributed by atoms with Crippen molar-refractivity contribution in [2.24, 2.45) is 0 Å². The molecule has 9 heteroatoms. The molecule has 0 N–H and O–H groups in total. The van der Waals surface area contributed by atoms with Gasteiger partial charge in [-0.05, 0) is 45.8 Å². The van der Waals surface area contributed by atoms with Crippen molar-refractivity contribution in [3.63, 3.8) is 0 Å². The van der Waals surface area contributed by atoms with E-state index in [4.69, 9.17) is 23.4 Å². The van der Waals surface area contributed by atoms with Gasteiger partial charge in [0.05, 0.1) is 19.8 Å². The lowest BCUT2D eigenvalue weighted by Crippen LogP contribution is -2.54. The molecule has 0 aromatic heterocycles. The maximum Gasteiger partial charge on any atom is 0.374 e. The number of rotatable bonds is 7. The maximum atomic E-state index is 12.3. The summed E-state index contributed by atoms with van der Waals surface area (Å²) < 4.78 is 35.5. The number of ketones is 1. The van der Waals surface area contributed by atoms with Crippen LogP contribution in [-0.4, -0.2) is 69.8 Å². The summed E-state index contributed by atoms with van der Waals surface area (Å²) in [5, 5.41) is -0.0491. The summed E-state index contributed by atoms with van der Waals surface area (Å²) in [4.78, 5) is 24.0. The van der Waals surface area contributed by atoms with Crippen LogP contribution in [0.4, 0.5) is 0 Å². The van der Waals surface area contributed by atoms with Crippen molar-refractivity contribution in [1.29, 1.82) is 0 Å². The number of ether oxygens (including phenoxy) is 5. The van der Waals surface area contributed by atoms with Gasteiger partial charge in [-0.3, -0.25) is 4.79 Å². The van der Waals surface area contributed by atoms with E-state index < -0.39 is 56.1 Å². The number of carbonyl (C=O) groups excluding carboxylic acids is 2. The highest BCUT2D eigenvalue weighted by atomic mass is 28.4. The fourth-order valence-electron chi connectivity index (χ4n) is 3.43. The number of methoxy groups -OCH3 is 1. The summed E-state index contributed by atoms with van der Waals surface area (Å²) in [7, 11) is -1.06. The Morgan fingerprint density at radius 1 is 1.07 bits per heavy atom. The molecule has 4 atom stereocenters. The number of hydrogen-bond acceptors (Lipinski definition) is 8. The molecule has 2 heterocycles. The van der Waals surface area contributed by atoms with Gasteiger partial charge in [-0.1, -0.05) is 20.8 Å². The molecular formula is C21H38O8Si. The minimum atomic E-state index is -2.24. The summed E-state index contributed by atoms with van der Waals surface area (Å²) in [6, 6.07) is 0. The molecule has 0 spiro atoms. The number of hydrogen-bond donors (Lipinski definition) is 0. The topological polar surface area (TPSA) is 89.5 Å². The van der Waals surface area contributed by atoms with Crippen LogP contribution >= 0.6 is 0 Å². The predicted molar refractivity (Wildman–Crippen MR) is 112 cm³/mol. The molecule has 4 unspecified atom stereocenters. The third-order valence-electron chi connectivity index (χ3n) is 5.98. The van der Waals surface area contributed by atoms with Crippen molar-refractivity contribution in [2.75, 3.05) is 13.7 Å². The Bertz CT molecular complexity index is 652. The molecule has 0 radical (unpaired) electrons. The summed E-state index contributed by atoms with van der Waals surface area (Å²) in [6.45, 7) is 18.4. The second-order valence-electron chi connectivity index (χ2n) is 10.5. The van der Waals surface area contributed by atoms with Crippen LogP contribution in [0, 0.1) is 0 Å². The zero-order chi connectivity index (χ0) is 23.1. The van der Waals surface area contributed by atoms with Crippen LogP contribution in [-0.2, 0) is 37.7 Å². The lowest BCUT2D eigenvalue weighted by atomic mass is 9.99. The van der Waals surface area contributed by atoms with Gasteiger partial charge in [-0.2, -0.15) is 0 Å². The zero-order valence-corrected chi connectivity index (χ0v) is 21.0. The van der Waals surface area contributed by atoms with Gasteiger partial charge in [0.25, 0.3) is 0 Å². The minimum Gasteiger partial charge on any atom is -0.463 e. The second-order valence-corrected chi connectivity index (χ2v) is 15.2. The first-order valence-electron chi connectivity index (χ1n) is 10.4. The quantitative estimate of drug-likeness (QED) is 0.335. The van der Waals surface area contributed by atoms with Crippen molar-refractivity contribution >= 4 is 20.1 Å². The van der Waals surface area contributed by atoms with Crippen LogP contribution in [0.1, 0.15) is 54.9 Å². The largest absolute Gasteiger partial charge is 0.463 e. The Morgan fingerprint density at radius 3 is 2.13 bits per heavy atom. The molecule has 0 amide bonds. The van der Waals surface area contributed by atoms with Gasteiger partial charge in [0.15, 0.2) is 19.9 Å². The first-order valence-corrected chi connectivity index (χ1v) is 13.4. The standard InChI is InChI=1S/C21H38O8Si/c1-19(2,3)30(9,10)29-17(15-12-25-20(4,5)27-15)16-14(26-21(6,7)28-16)11-13(22)18(23)24-8/h14-17H,11-12H2,1-10H3. The fourth-order valence-corrected chi connectivity index (χ4v) is 4.75. The van der Waals surface area contributed by atoms with Gasteiger partial charge in [-0.25, -0.2) is 4.79 Å². The SMILES string of the molecule is COC(=O)C(=O)CC1OC(C)(C)OC1C(O[Si](C)(C)C(C)(C)C)C1COC(C)(C)O1. The number of carbonyl (C=O) groups is 2. The Labute approximate surface area is 181 Å². The predicted octanol–water partition coefficient (Wildman–Crippen LogP) is 3.18. The molecule has 8 nitrogen and oxygen atoms in total. The van der Waals surface area contributed by atoms with Crippen LogP contribution in [0.25, 0.3) is 0 Å². The molecule has 2 aliphatic rings. The Morgan fingerprint density at radius 2 is 1.67 bits per heavy atom. The summed E-state index contributed by atoms with van der Waals surface area (Å²) in [5.41, 5.74) is 0. The summed E-state index contributed by atoms with van der Waals surface area (Å²) >= 11 is 0. The number of esters is 1. The minimum absolute atomic E-state index is 0.0491. The number of Topliss-reactive ketones (excluding diaryl/α,β-unsaturated/α-hetero) is 1. The van der Waals surface area contributed by atoms with Crippen LogP contribution in [0.2, 0.25) is 18.1 Å². The lowest BCUT2D eigenvalue weighted by molar-refractivity contribution is -0.176. The first-order chi connectivity index (χ1) is 13.5. The molecule has 2 aliphatic heterocycles. The Balaban J connectivity index is 2.36. The molecule has 0 saturated carbocycles. The fraction of sp³-hybridized carbons (Fsp3) is 0.905. The highest BCUT2D eigenvalue weighted by Gasteiger charge is 2.54. The molecule has 30 heavy (non-hydrogen) atoms. The molecule has 2 fully saturated rings. The van der Waals surface area contributed by atoms with E-state index in [2.05, 4.69) is 38.6 Å². The third kappa shape index (κ3) is 5.89. The molecular weight excluding hydrogens is 408 g/mol. The van der Waals surface area contributed by atoms with Gasteiger partial charge in [0.1, 0.15) is 18.3 Å². The molecule has 0 bridgehead atoms. The molecule has 0 aromatic carbocycles. The van der Waals surface area contributed by atoms with Gasteiger partial charge in [0.2, 0.25) is 5.78 Å². The normalized spacial score (nSPS) is 29.6. The van der Waals surface area contributed by atoms with Gasteiger partial charge < -0.3 is 28.1 Å². The van der Waals surface area contributed by atoms with Gasteiger partial charge >= 0.3 is 5.97 Å². The molecule has 2 rings (SSSR count). The highest BCUT2D eigenvalue weighted by Crippen LogP contribution is 2.42. The first kappa shape index (κ1) is 25.4. The Hall–Kier alpha value is -0.843.